The molecule has 0 radical (unpaired) electrons. The van der Waals surface area contributed by atoms with Gasteiger partial charge in [0.25, 0.3) is 0 Å². The molecule has 110 valence electrons. The smallest absolute Gasteiger partial charge is 0.242 e. The Morgan fingerprint density at radius 1 is 1.40 bits per heavy atom. The molecule has 1 atom stereocenters. The van der Waals surface area contributed by atoms with Crippen LogP contribution in [-0.4, -0.2) is 50.9 Å². The summed E-state index contributed by atoms with van der Waals surface area (Å²) in [6.07, 6.45) is 2.19. The van der Waals surface area contributed by atoms with Crippen molar-refractivity contribution in [2.75, 3.05) is 26.0 Å². The fraction of sp³-hybridized carbons (Fsp3) is 0.500. The molecule has 0 bridgehead atoms. The fourth-order valence-electron chi connectivity index (χ4n) is 2.08. The predicted octanol–water partition coefficient (Wildman–Crippen LogP) is 0.0224. The lowest BCUT2D eigenvalue weighted by Crippen LogP contribution is -2.48. The van der Waals surface area contributed by atoms with Crippen LogP contribution in [0.5, 0.6) is 0 Å². The highest BCUT2D eigenvalue weighted by Gasteiger charge is 2.27. The summed E-state index contributed by atoms with van der Waals surface area (Å²) in [6, 6.07) is 2.84. The quantitative estimate of drug-likeness (QED) is 0.818. The van der Waals surface area contributed by atoms with E-state index in [4.69, 9.17) is 0 Å². The Bertz CT molecular complexity index is 585. The van der Waals surface area contributed by atoms with Crippen molar-refractivity contribution in [3.05, 3.63) is 18.3 Å². The molecule has 2 rings (SSSR count). The SMILES string of the molecule is CNc1ccc(S(=O)(=O)NC2CCC(=O)N(C)C2)cn1. The second-order valence-corrected chi connectivity index (χ2v) is 6.47. The van der Waals surface area contributed by atoms with Crippen molar-refractivity contribution in [3.8, 4) is 0 Å². The first kappa shape index (κ1) is 14.7. The van der Waals surface area contributed by atoms with Crippen LogP contribution >= 0.6 is 0 Å². The van der Waals surface area contributed by atoms with E-state index in [1.807, 2.05) is 0 Å². The van der Waals surface area contributed by atoms with Crippen molar-refractivity contribution in [1.29, 1.82) is 0 Å². The van der Waals surface area contributed by atoms with Crippen LogP contribution in [-0.2, 0) is 14.8 Å². The first-order valence-corrected chi connectivity index (χ1v) is 7.81. The number of nitrogens with zero attached hydrogens (tertiary/aromatic N) is 2. The summed E-state index contributed by atoms with van der Waals surface area (Å²) in [5.41, 5.74) is 0. The van der Waals surface area contributed by atoms with E-state index >= 15 is 0 Å². The lowest BCUT2D eigenvalue weighted by Gasteiger charge is -2.29. The largest absolute Gasteiger partial charge is 0.373 e. The molecule has 1 aliphatic heterocycles. The van der Waals surface area contributed by atoms with Crippen LogP contribution in [0, 0.1) is 0 Å². The number of anilines is 1. The Morgan fingerprint density at radius 2 is 2.15 bits per heavy atom. The maximum absolute atomic E-state index is 12.2. The topological polar surface area (TPSA) is 91.4 Å². The molecule has 1 aliphatic rings. The highest BCUT2D eigenvalue weighted by atomic mass is 32.2. The van der Waals surface area contributed by atoms with Gasteiger partial charge in [-0.25, -0.2) is 18.1 Å². The minimum Gasteiger partial charge on any atom is -0.373 e. The van der Waals surface area contributed by atoms with E-state index in [1.165, 1.54) is 12.3 Å². The Hall–Kier alpha value is -1.67. The van der Waals surface area contributed by atoms with Gasteiger partial charge in [-0.15, -0.1) is 0 Å². The number of aromatic nitrogens is 1. The van der Waals surface area contributed by atoms with E-state index < -0.39 is 10.0 Å². The molecular weight excluding hydrogens is 280 g/mol. The fourth-order valence-corrected chi connectivity index (χ4v) is 3.29. The number of hydrogen-bond acceptors (Lipinski definition) is 5. The number of likely N-dealkylation sites (tertiary alicyclic amines) is 1. The molecule has 7 nitrogen and oxygen atoms in total. The summed E-state index contributed by atoms with van der Waals surface area (Å²) in [4.78, 5) is 17.0. The third-order valence-electron chi connectivity index (χ3n) is 3.25. The van der Waals surface area contributed by atoms with Gasteiger partial charge in [0.15, 0.2) is 0 Å². The summed E-state index contributed by atoms with van der Waals surface area (Å²) in [7, 11) is -0.219. The van der Waals surface area contributed by atoms with Gasteiger partial charge in [-0.2, -0.15) is 0 Å². The Balaban J connectivity index is 2.08. The summed E-state index contributed by atoms with van der Waals surface area (Å²) >= 11 is 0. The van der Waals surface area contributed by atoms with Crippen molar-refractivity contribution in [2.24, 2.45) is 0 Å². The highest BCUT2D eigenvalue weighted by molar-refractivity contribution is 7.89. The molecule has 0 saturated carbocycles. The number of likely N-dealkylation sites (N-methyl/N-ethyl adjacent to an activating group) is 1. The zero-order valence-electron chi connectivity index (χ0n) is 11.5. The number of carbonyl (C=O) groups is 1. The highest BCUT2D eigenvalue weighted by Crippen LogP contribution is 2.15. The number of carbonyl (C=O) groups excluding carboxylic acids is 1. The molecule has 0 aromatic carbocycles. The summed E-state index contributed by atoms with van der Waals surface area (Å²) in [6.45, 7) is 0.389. The van der Waals surface area contributed by atoms with Gasteiger partial charge in [0.1, 0.15) is 10.7 Å². The molecule has 1 fully saturated rings. The average molecular weight is 298 g/mol. The third kappa shape index (κ3) is 3.26. The van der Waals surface area contributed by atoms with Gasteiger partial charge in [0.05, 0.1) is 0 Å². The Kier molecular flexibility index (Phi) is 4.24. The average Bonchev–Trinajstić information content (AvgIpc) is 2.43. The van der Waals surface area contributed by atoms with Crippen LogP contribution in [0.4, 0.5) is 5.82 Å². The number of hydrogen-bond donors (Lipinski definition) is 2. The van der Waals surface area contributed by atoms with Crippen molar-refractivity contribution in [2.45, 2.75) is 23.8 Å². The van der Waals surface area contributed by atoms with Gasteiger partial charge in [-0.1, -0.05) is 0 Å². The molecule has 1 saturated heterocycles. The van der Waals surface area contributed by atoms with E-state index in [9.17, 15) is 13.2 Å². The number of pyridine rings is 1. The molecule has 2 N–H and O–H groups in total. The molecular formula is C12H18N4O3S. The Labute approximate surface area is 118 Å². The third-order valence-corrected chi connectivity index (χ3v) is 4.76. The van der Waals surface area contributed by atoms with Crippen molar-refractivity contribution < 1.29 is 13.2 Å². The molecule has 2 heterocycles. The van der Waals surface area contributed by atoms with Crippen LogP contribution in [0.25, 0.3) is 0 Å². The number of amides is 1. The van der Waals surface area contributed by atoms with E-state index in [0.717, 1.165) is 0 Å². The zero-order valence-corrected chi connectivity index (χ0v) is 12.3. The van der Waals surface area contributed by atoms with E-state index in [-0.39, 0.29) is 16.8 Å². The number of rotatable bonds is 4. The molecule has 1 unspecified atom stereocenters. The lowest BCUT2D eigenvalue weighted by atomic mass is 10.1. The van der Waals surface area contributed by atoms with Crippen molar-refractivity contribution in [3.63, 3.8) is 0 Å². The van der Waals surface area contributed by atoms with Crippen LogP contribution in [0.1, 0.15) is 12.8 Å². The molecule has 1 aromatic heterocycles. The van der Waals surface area contributed by atoms with Crippen molar-refractivity contribution >= 4 is 21.7 Å². The van der Waals surface area contributed by atoms with Crippen LogP contribution in [0.15, 0.2) is 23.2 Å². The molecule has 8 heteroatoms. The number of piperidine rings is 1. The molecule has 0 aliphatic carbocycles. The summed E-state index contributed by atoms with van der Waals surface area (Å²) in [5.74, 6) is 0.646. The second-order valence-electron chi connectivity index (χ2n) is 4.76. The first-order valence-electron chi connectivity index (χ1n) is 6.32. The predicted molar refractivity (Wildman–Crippen MR) is 74.8 cm³/mol. The monoisotopic (exact) mass is 298 g/mol. The maximum Gasteiger partial charge on any atom is 0.242 e. The molecule has 1 aromatic rings. The maximum atomic E-state index is 12.2. The lowest BCUT2D eigenvalue weighted by molar-refractivity contribution is -0.132. The van der Waals surface area contributed by atoms with Gasteiger partial charge >= 0.3 is 0 Å². The standard InChI is InChI=1S/C12H18N4O3S/c1-13-11-5-4-10(7-14-11)20(18,19)15-9-3-6-12(17)16(2)8-9/h4-5,7,9,15H,3,6,8H2,1-2H3,(H,13,14). The van der Waals surface area contributed by atoms with Gasteiger partial charge < -0.3 is 10.2 Å². The zero-order chi connectivity index (χ0) is 14.8. The minimum atomic E-state index is -3.60. The van der Waals surface area contributed by atoms with Crippen molar-refractivity contribution in [1.82, 2.24) is 14.6 Å². The Morgan fingerprint density at radius 3 is 2.70 bits per heavy atom. The van der Waals surface area contributed by atoms with Crippen LogP contribution in [0.3, 0.4) is 0 Å². The second kappa shape index (κ2) is 5.76. The number of nitrogens with one attached hydrogen (secondary N) is 2. The number of sulfonamides is 1. The van der Waals surface area contributed by atoms with Gasteiger partial charge in [0, 0.05) is 39.3 Å². The normalized spacial score (nSPS) is 20.0. The molecule has 1 amide bonds. The van der Waals surface area contributed by atoms with E-state index in [2.05, 4.69) is 15.0 Å². The summed E-state index contributed by atoms with van der Waals surface area (Å²) < 4.78 is 27.0. The summed E-state index contributed by atoms with van der Waals surface area (Å²) in [5, 5.41) is 2.83. The van der Waals surface area contributed by atoms with Crippen LogP contribution in [0.2, 0.25) is 0 Å². The van der Waals surface area contributed by atoms with E-state index in [0.29, 0.717) is 25.2 Å². The molecule has 20 heavy (non-hydrogen) atoms. The van der Waals surface area contributed by atoms with E-state index in [1.54, 1.807) is 25.1 Å². The van der Waals surface area contributed by atoms with Gasteiger partial charge in [-0.3, -0.25) is 4.79 Å². The molecule has 0 spiro atoms. The van der Waals surface area contributed by atoms with Gasteiger partial charge in [-0.05, 0) is 18.6 Å². The first-order chi connectivity index (χ1) is 9.42. The van der Waals surface area contributed by atoms with Crippen LogP contribution < -0.4 is 10.0 Å². The van der Waals surface area contributed by atoms with Gasteiger partial charge in [0.2, 0.25) is 15.9 Å². The minimum absolute atomic E-state index is 0.0421.